The number of aromatic nitrogens is 3. The van der Waals surface area contributed by atoms with Crippen molar-refractivity contribution in [1.82, 2.24) is 25.2 Å². The normalized spacial score (nSPS) is 24.3. The van der Waals surface area contributed by atoms with E-state index in [1.165, 1.54) is 18.3 Å². The number of rotatable bonds is 5. The maximum atomic E-state index is 16.6. The minimum Gasteiger partial charge on any atom is -0.508 e. The summed E-state index contributed by atoms with van der Waals surface area (Å²) in [5, 5.41) is 14.2. The van der Waals surface area contributed by atoms with E-state index in [2.05, 4.69) is 25.2 Å². The van der Waals surface area contributed by atoms with Gasteiger partial charge in [0.25, 0.3) is 0 Å². The predicted molar refractivity (Wildman–Crippen MR) is 152 cm³/mol. The van der Waals surface area contributed by atoms with Crippen molar-refractivity contribution in [1.29, 1.82) is 0 Å². The fourth-order valence-corrected chi connectivity index (χ4v) is 7.45. The van der Waals surface area contributed by atoms with Crippen LogP contribution in [0.5, 0.6) is 11.8 Å². The van der Waals surface area contributed by atoms with Crippen molar-refractivity contribution in [3.05, 3.63) is 47.9 Å². The monoisotopic (exact) mass is 578 g/mol. The number of aromatic hydroxyl groups is 1. The topological polar surface area (TPSA) is 86.6 Å². The molecule has 6 heterocycles. The number of nitrogens with zero attached hydrogens (tertiary/aromatic N) is 5. The molecule has 0 saturated carbocycles. The molecule has 0 spiro atoms. The molecule has 4 aliphatic rings. The molecule has 2 aromatic carbocycles. The summed E-state index contributed by atoms with van der Waals surface area (Å²) in [4.78, 5) is 17.6. The molecule has 2 atom stereocenters. The molecule has 0 unspecified atom stereocenters. The highest BCUT2D eigenvalue weighted by Crippen LogP contribution is 2.41. The van der Waals surface area contributed by atoms with Crippen molar-refractivity contribution >= 4 is 27.5 Å². The summed E-state index contributed by atoms with van der Waals surface area (Å²) in [6.07, 6.45) is 6.38. The van der Waals surface area contributed by atoms with Gasteiger partial charge in [-0.25, -0.2) is 13.2 Å². The van der Waals surface area contributed by atoms with Gasteiger partial charge in [-0.2, -0.15) is 9.97 Å². The lowest BCUT2D eigenvalue weighted by Gasteiger charge is -2.34. The SMILES string of the molecule is [2H]C([2H])(Oc1nc(N2C[C@H]3CC[C@@H](C2)N3)c2cnc(-c3cc(O)cc4ccc(F)c(F)c34)c(F)c2n1)C12CCCN1CCC2. The zero-order chi connectivity index (χ0) is 30.4. The van der Waals surface area contributed by atoms with E-state index in [1.54, 1.807) is 0 Å². The van der Waals surface area contributed by atoms with Crippen LogP contribution in [-0.4, -0.2) is 75.3 Å². The van der Waals surface area contributed by atoms with E-state index >= 15 is 8.78 Å². The first kappa shape index (κ1) is 23.8. The third-order valence-corrected chi connectivity index (χ3v) is 9.38. The Labute approximate surface area is 243 Å². The fraction of sp³-hybridized carbons (Fsp3) is 0.452. The van der Waals surface area contributed by atoms with Gasteiger partial charge in [-0.1, -0.05) is 6.07 Å². The van der Waals surface area contributed by atoms with Gasteiger partial charge in [-0.05, 0) is 75.2 Å². The smallest absolute Gasteiger partial charge is 0.319 e. The van der Waals surface area contributed by atoms with E-state index in [0.29, 0.717) is 31.7 Å². The first-order chi connectivity index (χ1) is 21.1. The lowest BCUT2D eigenvalue weighted by molar-refractivity contribution is 0.108. The molecule has 11 heteroatoms. The molecule has 8 nitrogen and oxygen atoms in total. The third-order valence-electron chi connectivity index (χ3n) is 9.38. The average Bonchev–Trinajstić information content (AvgIpc) is 3.69. The van der Waals surface area contributed by atoms with Gasteiger partial charge in [0, 0.05) is 42.3 Å². The molecule has 2 aromatic heterocycles. The van der Waals surface area contributed by atoms with Crippen LogP contribution in [0.4, 0.5) is 19.0 Å². The number of hydrogen-bond donors (Lipinski definition) is 2. The first-order valence-electron chi connectivity index (χ1n) is 15.6. The summed E-state index contributed by atoms with van der Waals surface area (Å²) < 4.78 is 70.2. The molecule has 2 bridgehead atoms. The van der Waals surface area contributed by atoms with Crippen LogP contribution in [0.3, 0.4) is 0 Å². The van der Waals surface area contributed by atoms with Gasteiger partial charge in [0.05, 0.1) is 13.7 Å². The number of benzene rings is 2. The average molecular weight is 579 g/mol. The van der Waals surface area contributed by atoms with Crippen molar-refractivity contribution in [2.75, 3.05) is 37.6 Å². The maximum Gasteiger partial charge on any atom is 0.319 e. The second-order valence-corrected chi connectivity index (χ2v) is 11.9. The van der Waals surface area contributed by atoms with Gasteiger partial charge in [0.1, 0.15) is 29.3 Å². The molecule has 0 radical (unpaired) electrons. The molecule has 0 aliphatic carbocycles. The van der Waals surface area contributed by atoms with Gasteiger partial charge >= 0.3 is 6.01 Å². The van der Waals surface area contributed by atoms with E-state index in [-0.39, 0.29) is 56.8 Å². The molecule has 2 N–H and O–H groups in total. The summed E-state index contributed by atoms with van der Waals surface area (Å²) in [5.41, 5.74) is -1.47. The van der Waals surface area contributed by atoms with Crippen molar-refractivity contribution in [2.45, 2.75) is 56.1 Å². The zero-order valence-electron chi connectivity index (χ0n) is 24.8. The Balaban J connectivity index is 1.31. The number of ether oxygens (including phenoxy) is 1. The predicted octanol–water partition coefficient (Wildman–Crippen LogP) is 4.92. The van der Waals surface area contributed by atoms with Crippen LogP contribution >= 0.6 is 0 Å². The highest BCUT2D eigenvalue weighted by Gasteiger charge is 2.45. The van der Waals surface area contributed by atoms with Gasteiger partial charge in [-0.15, -0.1) is 0 Å². The summed E-state index contributed by atoms with van der Waals surface area (Å²) in [7, 11) is 0. The number of halogens is 3. The van der Waals surface area contributed by atoms with Crippen LogP contribution in [0, 0.1) is 17.5 Å². The Hall–Kier alpha value is -3.70. The second kappa shape index (κ2) is 9.67. The number of hydrogen-bond acceptors (Lipinski definition) is 8. The Kier molecular flexibility index (Phi) is 5.48. The number of nitrogens with one attached hydrogen (secondary N) is 1. The van der Waals surface area contributed by atoms with Gasteiger partial charge in [-0.3, -0.25) is 9.88 Å². The summed E-state index contributed by atoms with van der Waals surface area (Å²) in [6, 6.07) is 4.81. The van der Waals surface area contributed by atoms with E-state index in [4.69, 9.17) is 7.48 Å². The molecule has 4 aliphatic heterocycles. The molecular formula is C31H31F3N6O2. The van der Waals surface area contributed by atoms with E-state index in [9.17, 15) is 9.50 Å². The molecule has 8 rings (SSSR count). The minimum atomic E-state index is -2.15. The van der Waals surface area contributed by atoms with Gasteiger partial charge < -0.3 is 20.1 Å². The van der Waals surface area contributed by atoms with Gasteiger partial charge in [0.15, 0.2) is 17.5 Å². The first-order valence-corrected chi connectivity index (χ1v) is 14.6. The molecule has 4 saturated heterocycles. The fourth-order valence-electron chi connectivity index (χ4n) is 7.45. The van der Waals surface area contributed by atoms with Crippen LogP contribution in [0.15, 0.2) is 30.5 Å². The van der Waals surface area contributed by atoms with Crippen LogP contribution in [0.2, 0.25) is 0 Å². The minimum absolute atomic E-state index is 0.138. The molecule has 0 amide bonds. The summed E-state index contributed by atoms with van der Waals surface area (Å²) in [5.74, 6) is -3.14. The summed E-state index contributed by atoms with van der Waals surface area (Å²) in [6.45, 7) is 0.640. The number of fused-ring (bicyclic) bond motifs is 5. The highest BCUT2D eigenvalue weighted by molar-refractivity contribution is 6.00. The highest BCUT2D eigenvalue weighted by atomic mass is 19.2. The lowest BCUT2D eigenvalue weighted by Crippen LogP contribution is -2.51. The Bertz CT molecular complexity index is 1810. The Morgan fingerprint density at radius 3 is 2.57 bits per heavy atom. The van der Waals surface area contributed by atoms with Crippen LogP contribution in [0.25, 0.3) is 32.9 Å². The molecular weight excluding hydrogens is 545 g/mol. The Morgan fingerprint density at radius 2 is 1.81 bits per heavy atom. The van der Waals surface area contributed by atoms with Crippen LogP contribution in [-0.2, 0) is 0 Å². The maximum absolute atomic E-state index is 16.6. The standard InChI is InChI=1S/C31H31F3N6O2/c32-23-6-3-17-11-20(41)12-21(24(17)25(23)33)27-26(34)28-22(13-35-27)29(39-14-18-4-5-19(15-39)36-18)38-30(37-28)42-16-31-7-1-9-40(31)10-2-8-31/h3,6,11-13,18-19,36,41H,1-2,4-5,7-10,14-16H2/t18-,19+/i16D2. The van der Waals surface area contributed by atoms with Crippen molar-refractivity contribution < 1.29 is 25.8 Å². The number of anilines is 1. The van der Waals surface area contributed by atoms with E-state index < -0.39 is 29.5 Å². The molecule has 218 valence electrons. The number of phenolic OH excluding ortho intramolecular Hbond substituents is 1. The number of piperazine rings is 1. The van der Waals surface area contributed by atoms with Crippen LogP contribution in [0.1, 0.15) is 41.3 Å². The van der Waals surface area contributed by atoms with Gasteiger partial charge in [0.2, 0.25) is 0 Å². The van der Waals surface area contributed by atoms with Crippen molar-refractivity contribution in [3.8, 4) is 23.0 Å². The molecule has 4 aromatic rings. The van der Waals surface area contributed by atoms with E-state index in [0.717, 1.165) is 50.9 Å². The zero-order valence-corrected chi connectivity index (χ0v) is 22.8. The molecule has 4 fully saturated rings. The third kappa shape index (κ3) is 4.08. The quantitative estimate of drug-likeness (QED) is 0.346. The van der Waals surface area contributed by atoms with E-state index in [1.807, 2.05) is 4.90 Å². The number of phenols is 1. The second-order valence-electron chi connectivity index (χ2n) is 11.9. The summed E-state index contributed by atoms with van der Waals surface area (Å²) >= 11 is 0. The number of pyridine rings is 1. The Morgan fingerprint density at radius 1 is 1.05 bits per heavy atom. The van der Waals surface area contributed by atoms with Crippen LogP contribution < -0.4 is 15.0 Å². The molecule has 42 heavy (non-hydrogen) atoms. The lowest BCUT2D eigenvalue weighted by atomic mass is 9.95. The van der Waals surface area contributed by atoms with Crippen molar-refractivity contribution in [2.24, 2.45) is 0 Å². The largest absolute Gasteiger partial charge is 0.508 e. The van der Waals surface area contributed by atoms with Crippen molar-refractivity contribution in [3.63, 3.8) is 0 Å².